The van der Waals surface area contributed by atoms with Crippen molar-refractivity contribution in [3.8, 4) is 0 Å². The van der Waals surface area contributed by atoms with Gasteiger partial charge in [0.05, 0.1) is 23.8 Å². The van der Waals surface area contributed by atoms with Crippen LogP contribution >= 0.6 is 11.3 Å². The molecule has 0 radical (unpaired) electrons. The van der Waals surface area contributed by atoms with Crippen molar-refractivity contribution in [1.29, 1.82) is 0 Å². The van der Waals surface area contributed by atoms with Crippen LogP contribution < -0.4 is 5.73 Å². The van der Waals surface area contributed by atoms with Crippen LogP contribution in [0.15, 0.2) is 4.52 Å². The van der Waals surface area contributed by atoms with Gasteiger partial charge >= 0.3 is 0 Å². The maximum absolute atomic E-state index is 5.45. The molecule has 0 saturated carbocycles. The molecule has 0 aliphatic heterocycles. The van der Waals surface area contributed by atoms with Crippen LogP contribution in [0.25, 0.3) is 0 Å². The summed E-state index contributed by atoms with van der Waals surface area (Å²) in [5.74, 6) is 1.13. The van der Waals surface area contributed by atoms with Crippen molar-refractivity contribution in [3.63, 3.8) is 0 Å². The van der Waals surface area contributed by atoms with Crippen LogP contribution in [0.2, 0.25) is 0 Å². The van der Waals surface area contributed by atoms with E-state index in [4.69, 9.17) is 10.3 Å². The quantitative estimate of drug-likeness (QED) is 0.900. The van der Waals surface area contributed by atoms with Crippen LogP contribution in [0.4, 0.5) is 0 Å². The Morgan fingerprint density at radius 1 is 1.37 bits per heavy atom. The molecule has 0 aliphatic carbocycles. The lowest BCUT2D eigenvalue weighted by molar-refractivity contribution is 0.244. The molecule has 0 fully saturated rings. The second-order valence-corrected chi connectivity index (χ2v) is 5.82. The zero-order chi connectivity index (χ0) is 14.0. The topological polar surface area (TPSA) is 81.1 Å². The highest BCUT2D eigenvalue weighted by Gasteiger charge is 2.19. The van der Waals surface area contributed by atoms with E-state index in [1.165, 1.54) is 4.88 Å². The summed E-state index contributed by atoms with van der Waals surface area (Å²) in [5.41, 5.74) is 6.55. The SMILES string of the molecule is Cc1nc(C)c(C(C)N(C)Cc2noc(CN)n2)s1. The fourth-order valence-corrected chi connectivity index (χ4v) is 2.98. The molecule has 2 heterocycles. The first-order valence-corrected chi connectivity index (χ1v) is 6.98. The van der Waals surface area contributed by atoms with Gasteiger partial charge < -0.3 is 10.3 Å². The van der Waals surface area contributed by atoms with Crippen molar-refractivity contribution in [2.75, 3.05) is 7.05 Å². The van der Waals surface area contributed by atoms with Gasteiger partial charge in [-0.3, -0.25) is 4.90 Å². The van der Waals surface area contributed by atoms with Crippen molar-refractivity contribution < 1.29 is 4.52 Å². The van der Waals surface area contributed by atoms with Crippen molar-refractivity contribution in [1.82, 2.24) is 20.0 Å². The first-order chi connectivity index (χ1) is 9.01. The van der Waals surface area contributed by atoms with E-state index in [0.717, 1.165) is 10.7 Å². The molecule has 104 valence electrons. The first kappa shape index (κ1) is 14.1. The van der Waals surface area contributed by atoms with Gasteiger partial charge in [0.2, 0.25) is 5.89 Å². The molecule has 0 saturated heterocycles. The highest BCUT2D eigenvalue weighted by atomic mass is 32.1. The van der Waals surface area contributed by atoms with Gasteiger partial charge in [-0.2, -0.15) is 4.98 Å². The van der Waals surface area contributed by atoms with E-state index in [1.807, 2.05) is 20.9 Å². The number of thiazole rings is 1. The third-order valence-corrected chi connectivity index (χ3v) is 4.30. The number of aromatic nitrogens is 3. The molecule has 1 unspecified atom stereocenters. The average Bonchev–Trinajstić information content (AvgIpc) is 2.94. The Morgan fingerprint density at radius 2 is 2.11 bits per heavy atom. The van der Waals surface area contributed by atoms with Crippen LogP contribution in [0.3, 0.4) is 0 Å². The van der Waals surface area contributed by atoms with E-state index in [1.54, 1.807) is 11.3 Å². The van der Waals surface area contributed by atoms with E-state index in [-0.39, 0.29) is 12.6 Å². The Morgan fingerprint density at radius 3 is 2.63 bits per heavy atom. The summed E-state index contributed by atoms with van der Waals surface area (Å²) in [6, 6.07) is 0.269. The minimum Gasteiger partial charge on any atom is -0.338 e. The maximum atomic E-state index is 5.45. The second kappa shape index (κ2) is 5.77. The Bertz CT molecular complexity index is 550. The van der Waals surface area contributed by atoms with Gasteiger partial charge in [0, 0.05) is 10.9 Å². The summed E-state index contributed by atoms with van der Waals surface area (Å²) in [4.78, 5) is 12.1. The molecule has 6 nitrogen and oxygen atoms in total. The molecule has 0 spiro atoms. The van der Waals surface area contributed by atoms with E-state index in [9.17, 15) is 0 Å². The normalized spacial score (nSPS) is 13.2. The summed E-state index contributed by atoms with van der Waals surface area (Å²) in [7, 11) is 2.04. The molecule has 2 rings (SSSR count). The Kier molecular flexibility index (Phi) is 4.28. The molecule has 0 aliphatic rings. The largest absolute Gasteiger partial charge is 0.338 e. The summed E-state index contributed by atoms with van der Waals surface area (Å²) in [6.45, 7) is 7.13. The number of hydrogen-bond donors (Lipinski definition) is 1. The van der Waals surface area contributed by atoms with Gasteiger partial charge in [-0.05, 0) is 27.8 Å². The van der Waals surface area contributed by atoms with E-state index in [2.05, 4.69) is 26.9 Å². The standard InChI is InChI=1S/C12H19N5OS/c1-7-12(19-9(3)14-7)8(2)17(4)6-10-15-11(5-13)18-16-10/h8H,5-6,13H2,1-4H3. The molecular weight excluding hydrogens is 262 g/mol. The predicted octanol–water partition coefficient (Wildman–Crippen LogP) is 1.79. The van der Waals surface area contributed by atoms with Crippen LogP contribution in [-0.2, 0) is 13.1 Å². The highest BCUT2D eigenvalue weighted by Crippen LogP contribution is 2.28. The molecule has 1 atom stereocenters. The minimum atomic E-state index is 0.269. The molecule has 19 heavy (non-hydrogen) atoms. The fraction of sp³-hybridized carbons (Fsp3) is 0.583. The third kappa shape index (κ3) is 3.17. The number of aryl methyl sites for hydroxylation is 2. The lowest BCUT2D eigenvalue weighted by Gasteiger charge is -2.22. The van der Waals surface area contributed by atoms with Crippen LogP contribution in [-0.4, -0.2) is 27.1 Å². The molecule has 2 N–H and O–H groups in total. The fourth-order valence-electron chi connectivity index (χ4n) is 1.93. The Balaban J connectivity index is 2.06. The zero-order valence-electron chi connectivity index (χ0n) is 11.7. The smallest absolute Gasteiger partial charge is 0.240 e. The van der Waals surface area contributed by atoms with Gasteiger partial charge in [-0.25, -0.2) is 4.98 Å². The first-order valence-electron chi connectivity index (χ1n) is 6.17. The van der Waals surface area contributed by atoms with E-state index < -0.39 is 0 Å². The number of nitrogens with zero attached hydrogens (tertiary/aromatic N) is 4. The molecule has 2 aromatic heterocycles. The molecule has 0 bridgehead atoms. The van der Waals surface area contributed by atoms with Gasteiger partial charge in [0.1, 0.15) is 0 Å². The summed E-state index contributed by atoms with van der Waals surface area (Å²) >= 11 is 1.73. The zero-order valence-corrected chi connectivity index (χ0v) is 12.5. The van der Waals surface area contributed by atoms with Gasteiger partial charge in [-0.15, -0.1) is 11.3 Å². The summed E-state index contributed by atoms with van der Waals surface area (Å²) in [6.07, 6.45) is 0. The number of hydrogen-bond acceptors (Lipinski definition) is 7. The third-order valence-electron chi connectivity index (χ3n) is 3.06. The molecule has 7 heteroatoms. The molecule has 0 amide bonds. The summed E-state index contributed by atoms with van der Waals surface area (Å²) < 4.78 is 5.01. The monoisotopic (exact) mass is 281 g/mol. The van der Waals surface area contributed by atoms with Crippen molar-refractivity contribution >= 4 is 11.3 Å². The van der Waals surface area contributed by atoms with Crippen LogP contribution in [0.5, 0.6) is 0 Å². The lowest BCUT2D eigenvalue weighted by atomic mass is 10.2. The number of rotatable bonds is 5. The van der Waals surface area contributed by atoms with Gasteiger partial charge in [0.25, 0.3) is 0 Å². The molecular formula is C12H19N5OS. The van der Waals surface area contributed by atoms with E-state index >= 15 is 0 Å². The maximum Gasteiger partial charge on any atom is 0.240 e. The second-order valence-electron chi connectivity index (χ2n) is 4.58. The van der Waals surface area contributed by atoms with Crippen molar-refractivity contribution in [2.24, 2.45) is 5.73 Å². The van der Waals surface area contributed by atoms with Crippen LogP contribution in [0, 0.1) is 13.8 Å². The predicted molar refractivity (Wildman–Crippen MR) is 73.7 cm³/mol. The Labute approximate surface area is 116 Å². The highest BCUT2D eigenvalue weighted by molar-refractivity contribution is 7.11. The molecule has 2 aromatic rings. The van der Waals surface area contributed by atoms with Gasteiger partial charge in [0.15, 0.2) is 5.82 Å². The van der Waals surface area contributed by atoms with Crippen molar-refractivity contribution in [2.45, 2.75) is 39.9 Å². The average molecular weight is 281 g/mol. The lowest BCUT2D eigenvalue weighted by Crippen LogP contribution is -2.22. The molecule has 0 aromatic carbocycles. The van der Waals surface area contributed by atoms with E-state index in [0.29, 0.717) is 18.3 Å². The van der Waals surface area contributed by atoms with Crippen molar-refractivity contribution in [3.05, 3.63) is 27.3 Å². The number of nitrogens with two attached hydrogens (primary N) is 1. The van der Waals surface area contributed by atoms with Crippen LogP contribution in [0.1, 0.15) is 40.3 Å². The summed E-state index contributed by atoms with van der Waals surface area (Å²) in [5, 5.41) is 5.01. The minimum absolute atomic E-state index is 0.269. The Hall–Kier alpha value is -1.31. The van der Waals surface area contributed by atoms with Gasteiger partial charge in [-0.1, -0.05) is 5.16 Å².